The summed E-state index contributed by atoms with van der Waals surface area (Å²) in [6.45, 7) is 3.26. The summed E-state index contributed by atoms with van der Waals surface area (Å²) in [5, 5.41) is 2.51. The topological polar surface area (TPSA) is 69.7 Å². The van der Waals surface area contributed by atoms with Crippen LogP contribution in [0.3, 0.4) is 0 Å². The number of nitrogens with one attached hydrogen (secondary N) is 1. The van der Waals surface area contributed by atoms with Gasteiger partial charge in [-0.3, -0.25) is 14.5 Å². The number of imide groups is 1. The zero-order chi connectivity index (χ0) is 13.1. The van der Waals surface area contributed by atoms with Crippen LogP contribution in [0, 0.1) is 0 Å². The number of hydrogen-bond donors (Lipinski definition) is 1. The molecule has 0 bridgehead atoms. The van der Waals surface area contributed by atoms with Gasteiger partial charge in [-0.25, -0.2) is 4.79 Å². The monoisotopic (exact) mass is 253 g/mol. The van der Waals surface area contributed by atoms with Gasteiger partial charge in [-0.1, -0.05) is 13.3 Å². The van der Waals surface area contributed by atoms with E-state index in [1.54, 1.807) is 4.90 Å². The van der Waals surface area contributed by atoms with E-state index in [-0.39, 0.29) is 30.4 Å². The van der Waals surface area contributed by atoms with Crippen LogP contribution in [-0.4, -0.2) is 53.3 Å². The molecule has 0 aromatic carbocycles. The minimum atomic E-state index is -0.326. The van der Waals surface area contributed by atoms with Crippen LogP contribution < -0.4 is 5.32 Å². The summed E-state index contributed by atoms with van der Waals surface area (Å²) in [5.74, 6) is -0.0562. The predicted octanol–water partition coefficient (Wildman–Crippen LogP) is 0.329. The van der Waals surface area contributed by atoms with Gasteiger partial charge >= 0.3 is 6.03 Å². The average Bonchev–Trinajstić information content (AvgIpc) is 2.93. The smallest absolute Gasteiger partial charge is 0.324 e. The molecule has 2 saturated heterocycles. The first-order chi connectivity index (χ1) is 8.63. The number of nitrogens with zero attached hydrogens (tertiary/aromatic N) is 2. The summed E-state index contributed by atoms with van der Waals surface area (Å²) in [5.41, 5.74) is 0. The number of carbonyl (C=O) groups is 3. The van der Waals surface area contributed by atoms with E-state index in [1.165, 1.54) is 4.90 Å². The minimum absolute atomic E-state index is 0.0825. The second-order valence-electron chi connectivity index (χ2n) is 4.81. The van der Waals surface area contributed by atoms with E-state index in [0.717, 1.165) is 12.8 Å². The molecule has 2 heterocycles. The fourth-order valence-electron chi connectivity index (χ4n) is 2.47. The molecule has 1 atom stereocenters. The highest BCUT2D eigenvalue weighted by molar-refractivity contribution is 6.02. The van der Waals surface area contributed by atoms with Crippen LogP contribution in [0.25, 0.3) is 0 Å². The Morgan fingerprint density at radius 3 is 2.83 bits per heavy atom. The maximum absolute atomic E-state index is 11.8. The molecular formula is C12H19N3O3. The minimum Gasteiger partial charge on any atom is -0.341 e. The van der Waals surface area contributed by atoms with Crippen molar-refractivity contribution < 1.29 is 14.4 Å². The fourth-order valence-corrected chi connectivity index (χ4v) is 2.47. The van der Waals surface area contributed by atoms with Gasteiger partial charge in [-0.2, -0.15) is 0 Å². The standard InChI is InChI=1S/C12H19N3O3/c1-2-3-4-10(16)14-6-5-9(8-14)15-11(17)7-13-12(15)18/h9H,2-8H2,1H3,(H,13,18). The van der Waals surface area contributed by atoms with Crippen molar-refractivity contribution in [2.24, 2.45) is 0 Å². The molecule has 0 aromatic heterocycles. The zero-order valence-corrected chi connectivity index (χ0v) is 10.6. The fraction of sp³-hybridized carbons (Fsp3) is 0.750. The number of hydrogen-bond acceptors (Lipinski definition) is 3. The van der Waals surface area contributed by atoms with Crippen molar-refractivity contribution >= 4 is 17.8 Å². The molecule has 0 spiro atoms. The Morgan fingerprint density at radius 2 is 2.22 bits per heavy atom. The molecule has 100 valence electrons. The van der Waals surface area contributed by atoms with Gasteiger partial charge in [0.1, 0.15) is 0 Å². The Balaban J connectivity index is 1.90. The lowest BCUT2D eigenvalue weighted by Crippen LogP contribution is -2.42. The summed E-state index contributed by atoms with van der Waals surface area (Å²) in [6, 6.07) is -0.474. The van der Waals surface area contributed by atoms with Gasteiger partial charge in [-0.05, 0) is 12.8 Å². The number of likely N-dealkylation sites (tertiary alicyclic amines) is 1. The first kappa shape index (κ1) is 12.9. The molecule has 18 heavy (non-hydrogen) atoms. The summed E-state index contributed by atoms with van der Waals surface area (Å²) < 4.78 is 0. The Kier molecular flexibility index (Phi) is 3.84. The van der Waals surface area contributed by atoms with Crippen molar-refractivity contribution in [3.8, 4) is 0 Å². The van der Waals surface area contributed by atoms with Crippen molar-refractivity contribution in [3.05, 3.63) is 0 Å². The Labute approximate surface area is 106 Å². The molecule has 0 aliphatic carbocycles. The number of urea groups is 1. The van der Waals surface area contributed by atoms with Crippen LogP contribution in [0.15, 0.2) is 0 Å². The van der Waals surface area contributed by atoms with Gasteiger partial charge in [0.15, 0.2) is 0 Å². The van der Waals surface area contributed by atoms with Crippen molar-refractivity contribution in [2.75, 3.05) is 19.6 Å². The van der Waals surface area contributed by atoms with E-state index in [2.05, 4.69) is 5.32 Å². The molecule has 2 rings (SSSR count). The predicted molar refractivity (Wildman–Crippen MR) is 64.8 cm³/mol. The molecule has 2 aliphatic rings. The highest BCUT2D eigenvalue weighted by Gasteiger charge is 2.39. The molecule has 0 aromatic rings. The van der Waals surface area contributed by atoms with Crippen molar-refractivity contribution in [3.63, 3.8) is 0 Å². The molecule has 1 N–H and O–H groups in total. The van der Waals surface area contributed by atoms with Crippen molar-refractivity contribution in [2.45, 2.75) is 38.6 Å². The van der Waals surface area contributed by atoms with Gasteiger partial charge in [-0.15, -0.1) is 0 Å². The van der Waals surface area contributed by atoms with E-state index in [1.807, 2.05) is 6.92 Å². The maximum Gasteiger partial charge on any atom is 0.324 e. The average molecular weight is 253 g/mol. The van der Waals surface area contributed by atoms with Gasteiger partial charge in [0.2, 0.25) is 11.8 Å². The second kappa shape index (κ2) is 5.37. The number of carbonyl (C=O) groups excluding carboxylic acids is 3. The second-order valence-corrected chi connectivity index (χ2v) is 4.81. The van der Waals surface area contributed by atoms with Crippen molar-refractivity contribution in [1.82, 2.24) is 15.1 Å². The molecule has 2 fully saturated rings. The third kappa shape index (κ3) is 2.47. The Hall–Kier alpha value is -1.59. The first-order valence-electron chi connectivity index (χ1n) is 6.51. The highest BCUT2D eigenvalue weighted by atomic mass is 16.2. The molecule has 0 radical (unpaired) electrons. The van der Waals surface area contributed by atoms with E-state index < -0.39 is 0 Å². The molecule has 6 heteroatoms. The number of unbranched alkanes of at least 4 members (excludes halogenated alkanes) is 1. The van der Waals surface area contributed by atoms with Crippen molar-refractivity contribution in [1.29, 1.82) is 0 Å². The van der Waals surface area contributed by atoms with E-state index >= 15 is 0 Å². The lowest BCUT2D eigenvalue weighted by atomic mass is 10.2. The zero-order valence-electron chi connectivity index (χ0n) is 10.6. The first-order valence-corrected chi connectivity index (χ1v) is 6.51. The molecule has 1 unspecified atom stereocenters. The molecular weight excluding hydrogens is 234 g/mol. The van der Waals surface area contributed by atoms with Crippen LogP contribution in [0.1, 0.15) is 32.6 Å². The maximum atomic E-state index is 11.8. The van der Waals surface area contributed by atoms with Crippen LogP contribution in [0.5, 0.6) is 0 Å². The summed E-state index contributed by atoms with van der Waals surface area (Å²) in [4.78, 5) is 38.0. The van der Waals surface area contributed by atoms with Gasteiger partial charge < -0.3 is 10.2 Å². The lowest BCUT2D eigenvalue weighted by Gasteiger charge is -2.21. The van der Waals surface area contributed by atoms with Gasteiger partial charge in [0.25, 0.3) is 0 Å². The Bertz CT molecular complexity index is 354. The number of amides is 4. The van der Waals surface area contributed by atoms with Crippen LogP contribution >= 0.6 is 0 Å². The van der Waals surface area contributed by atoms with Crippen LogP contribution in [-0.2, 0) is 9.59 Å². The van der Waals surface area contributed by atoms with Gasteiger partial charge in [0, 0.05) is 19.5 Å². The SMILES string of the molecule is CCCCC(=O)N1CCC(N2C(=O)CNC2=O)C1. The highest BCUT2D eigenvalue weighted by Crippen LogP contribution is 2.19. The van der Waals surface area contributed by atoms with Gasteiger partial charge in [0.05, 0.1) is 12.6 Å². The summed E-state index contributed by atoms with van der Waals surface area (Å²) in [7, 11) is 0. The van der Waals surface area contributed by atoms with Crippen LogP contribution in [0.2, 0.25) is 0 Å². The van der Waals surface area contributed by atoms with E-state index in [0.29, 0.717) is 25.9 Å². The Morgan fingerprint density at radius 1 is 1.44 bits per heavy atom. The molecule has 4 amide bonds. The summed E-state index contributed by atoms with van der Waals surface area (Å²) >= 11 is 0. The third-order valence-corrected chi connectivity index (χ3v) is 3.50. The quantitative estimate of drug-likeness (QED) is 0.734. The lowest BCUT2D eigenvalue weighted by molar-refractivity contribution is -0.131. The normalized spacial score (nSPS) is 23.7. The number of rotatable bonds is 4. The van der Waals surface area contributed by atoms with Crippen LogP contribution in [0.4, 0.5) is 4.79 Å². The third-order valence-electron chi connectivity index (χ3n) is 3.50. The molecule has 0 saturated carbocycles. The van der Waals surface area contributed by atoms with E-state index in [4.69, 9.17) is 0 Å². The molecule has 2 aliphatic heterocycles. The summed E-state index contributed by atoms with van der Waals surface area (Å²) in [6.07, 6.45) is 3.14. The largest absolute Gasteiger partial charge is 0.341 e. The molecule has 6 nitrogen and oxygen atoms in total. The van der Waals surface area contributed by atoms with E-state index in [9.17, 15) is 14.4 Å².